The third-order valence-electron chi connectivity index (χ3n) is 2.23. The first-order valence-electron chi connectivity index (χ1n) is 5.30. The number of thiazole rings is 1. The molecule has 2 heterocycles. The molecule has 2 aromatic heterocycles. The van der Waals surface area contributed by atoms with E-state index in [0.29, 0.717) is 0 Å². The highest BCUT2D eigenvalue weighted by atomic mass is 79.9. The predicted molar refractivity (Wildman–Crippen MR) is 76.0 cm³/mol. The van der Waals surface area contributed by atoms with Gasteiger partial charge in [-0.1, -0.05) is 20.8 Å². The molecule has 17 heavy (non-hydrogen) atoms. The van der Waals surface area contributed by atoms with Gasteiger partial charge in [0.25, 0.3) is 0 Å². The van der Waals surface area contributed by atoms with E-state index in [-0.39, 0.29) is 5.41 Å². The molecule has 0 aliphatic rings. The van der Waals surface area contributed by atoms with Gasteiger partial charge in [0.05, 0.1) is 5.69 Å². The summed E-state index contributed by atoms with van der Waals surface area (Å²) in [6, 6.07) is 3.87. The molecule has 90 valence electrons. The van der Waals surface area contributed by atoms with E-state index in [9.17, 15) is 0 Å². The van der Waals surface area contributed by atoms with Gasteiger partial charge in [-0.3, -0.25) is 0 Å². The van der Waals surface area contributed by atoms with Crippen molar-refractivity contribution in [3.8, 4) is 0 Å². The largest absolute Gasteiger partial charge is 0.316 e. The number of hydrogen-bond donors (Lipinski definition) is 1. The molecule has 0 aromatic carbocycles. The molecular weight excluding hydrogens is 298 g/mol. The summed E-state index contributed by atoms with van der Waals surface area (Å²) in [7, 11) is 0. The number of aromatic nitrogens is 2. The zero-order chi connectivity index (χ0) is 12.5. The monoisotopic (exact) mass is 311 g/mol. The van der Waals surface area contributed by atoms with Gasteiger partial charge >= 0.3 is 0 Å². The van der Waals surface area contributed by atoms with Crippen molar-refractivity contribution in [1.82, 2.24) is 9.97 Å². The maximum Gasteiger partial charge on any atom is 0.188 e. The van der Waals surface area contributed by atoms with E-state index < -0.39 is 0 Å². The molecule has 2 aromatic rings. The molecule has 0 aliphatic heterocycles. The van der Waals surface area contributed by atoms with Crippen LogP contribution in [0.25, 0.3) is 0 Å². The lowest BCUT2D eigenvalue weighted by Crippen LogP contribution is -2.11. The smallest absolute Gasteiger partial charge is 0.188 e. The summed E-state index contributed by atoms with van der Waals surface area (Å²) in [6.45, 7) is 6.47. The summed E-state index contributed by atoms with van der Waals surface area (Å²) in [5, 5.41) is 6.16. The topological polar surface area (TPSA) is 37.8 Å². The van der Waals surface area contributed by atoms with Crippen LogP contribution in [-0.4, -0.2) is 9.97 Å². The van der Waals surface area contributed by atoms with Crippen LogP contribution in [0, 0.1) is 0 Å². The molecule has 0 fully saturated rings. The molecule has 1 N–H and O–H groups in total. The van der Waals surface area contributed by atoms with Crippen molar-refractivity contribution in [1.29, 1.82) is 0 Å². The number of hydrogen-bond acceptors (Lipinski definition) is 4. The standard InChI is InChI=1S/C12H14BrN3S/c1-12(2,3)9-7-17-11(15-9)16-10-5-4-8(13)6-14-10/h4-7H,1-3H3,(H,14,15,16). The van der Waals surface area contributed by atoms with Crippen molar-refractivity contribution in [2.24, 2.45) is 0 Å². The number of nitrogens with one attached hydrogen (secondary N) is 1. The molecule has 0 unspecified atom stereocenters. The summed E-state index contributed by atoms with van der Waals surface area (Å²) in [5.41, 5.74) is 1.19. The average Bonchev–Trinajstić information content (AvgIpc) is 2.69. The van der Waals surface area contributed by atoms with Crippen molar-refractivity contribution < 1.29 is 0 Å². The molecular formula is C12H14BrN3S. The van der Waals surface area contributed by atoms with Gasteiger partial charge in [0.2, 0.25) is 0 Å². The van der Waals surface area contributed by atoms with Gasteiger partial charge in [-0.15, -0.1) is 11.3 Å². The van der Waals surface area contributed by atoms with Gasteiger partial charge in [0.15, 0.2) is 5.13 Å². The zero-order valence-electron chi connectivity index (χ0n) is 9.99. The van der Waals surface area contributed by atoms with Crippen molar-refractivity contribution in [2.75, 3.05) is 5.32 Å². The Bertz CT molecular complexity index is 499. The fourth-order valence-corrected chi connectivity index (χ4v) is 2.41. The van der Waals surface area contributed by atoms with E-state index in [1.165, 1.54) is 0 Å². The van der Waals surface area contributed by atoms with Crippen LogP contribution in [0.5, 0.6) is 0 Å². The van der Waals surface area contributed by atoms with Crippen LogP contribution in [0.4, 0.5) is 10.9 Å². The van der Waals surface area contributed by atoms with Crippen molar-refractivity contribution in [3.63, 3.8) is 0 Å². The van der Waals surface area contributed by atoms with E-state index >= 15 is 0 Å². The number of anilines is 2. The highest BCUT2D eigenvalue weighted by molar-refractivity contribution is 9.10. The van der Waals surface area contributed by atoms with Crippen molar-refractivity contribution in [2.45, 2.75) is 26.2 Å². The maximum atomic E-state index is 4.55. The molecule has 0 amide bonds. The first kappa shape index (κ1) is 12.5. The van der Waals surface area contributed by atoms with Crippen LogP contribution >= 0.6 is 27.3 Å². The summed E-state index contributed by atoms with van der Waals surface area (Å²) in [6.07, 6.45) is 1.76. The maximum absolute atomic E-state index is 4.55. The van der Waals surface area contributed by atoms with Crippen LogP contribution < -0.4 is 5.32 Å². The molecule has 0 radical (unpaired) electrons. The minimum absolute atomic E-state index is 0.0869. The van der Waals surface area contributed by atoms with Gasteiger partial charge in [-0.05, 0) is 28.1 Å². The van der Waals surface area contributed by atoms with Crippen LogP contribution in [-0.2, 0) is 5.41 Å². The molecule has 3 nitrogen and oxygen atoms in total. The van der Waals surface area contributed by atoms with E-state index in [2.05, 4.69) is 57.4 Å². The number of rotatable bonds is 2. The highest BCUT2D eigenvalue weighted by Crippen LogP contribution is 2.27. The van der Waals surface area contributed by atoms with Gasteiger partial charge in [-0.25, -0.2) is 9.97 Å². The molecule has 5 heteroatoms. The Labute approximate surface area is 113 Å². The van der Waals surface area contributed by atoms with E-state index in [0.717, 1.165) is 21.1 Å². The quantitative estimate of drug-likeness (QED) is 0.896. The zero-order valence-corrected chi connectivity index (χ0v) is 12.4. The van der Waals surface area contributed by atoms with Gasteiger partial charge in [-0.2, -0.15) is 0 Å². The van der Waals surface area contributed by atoms with Crippen molar-refractivity contribution in [3.05, 3.63) is 33.9 Å². The second-order valence-corrected chi connectivity index (χ2v) is 6.55. The van der Waals surface area contributed by atoms with Gasteiger partial charge < -0.3 is 5.32 Å². The van der Waals surface area contributed by atoms with Crippen LogP contribution in [0.15, 0.2) is 28.2 Å². The second kappa shape index (κ2) is 4.74. The van der Waals surface area contributed by atoms with E-state index in [1.54, 1.807) is 17.5 Å². The van der Waals surface area contributed by atoms with E-state index in [4.69, 9.17) is 0 Å². The highest BCUT2D eigenvalue weighted by Gasteiger charge is 2.17. The molecule has 0 saturated carbocycles. The second-order valence-electron chi connectivity index (χ2n) is 4.77. The summed E-state index contributed by atoms with van der Waals surface area (Å²) >= 11 is 4.96. The fourth-order valence-electron chi connectivity index (χ4n) is 1.23. The van der Waals surface area contributed by atoms with Crippen LogP contribution in [0.3, 0.4) is 0 Å². The molecule has 0 aliphatic carbocycles. The number of pyridine rings is 1. The Morgan fingerprint density at radius 1 is 1.29 bits per heavy atom. The minimum atomic E-state index is 0.0869. The predicted octanol–water partition coefficient (Wildman–Crippen LogP) is 4.34. The lowest BCUT2D eigenvalue weighted by atomic mass is 9.93. The number of halogens is 1. The Balaban J connectivity index is 2.14. The van der Waals surface area contributed by atoms with Gasteiger partial charge in [0.1, 0.15) is 5.82 Å². The lowest BCUT2D eigenvalue weighted by Gasteiger charge is -2.14. The Hall–Kier alpha value is -0.940. The van der Waals surface area contributed by atoms with Crippen molar-refractivity contribution >= 4 is 38.2 Å². The lowest BCUT2D eigenvalue weighted by molar-refractivity contribution is 0.573. The molecule has 2 rings (SSSR count). The Morgan fingerprint density at radius 2 is 2.06 bits per heavy atom. The minimum Gasteiger partial charge on any atom is -0.316 e. The molecule has 0 atom stereocenters. The van der Waals surface area contributed by atoms with Crippen LogP contribution in [0.2, 0.25) is 0 Å². The third kappa shape index (κ3) is 3.26. The fraction of sp³-hybridized carbons (Fsp3) is 0.333. The third-order valence-corrected chi connectivity index (χ3v) is 3.46. The normalized spacial score (nSPS) is 11.5. The Morgan fingerprint density at radius 3 is 2.59 bits per heavy atom. The molecule has 0 spiro atoms. The van der Waals surface area contributed by atoms with Gasteiger partial charge in [0, 0.05) is 21.5 Å². The number of nitrogens with zero attached hydrogens (tertiary/aromatic N) is 2. The van der Waals surface area contributed by atoms with Crippen LogP contribution in [0.1, 0.15) is 26.5 Å². The first-order chi connectivity index (χ1) is 7.95. The molecule has 0 saturated heterocycles. The average molecular weight is 312 g/mol. The van der Waals surface area contributed by atoms with E-state index in [1.807, 2.05) is 12.1 Å². The summed E-state index contributed by atoms with van der Waals surface area (Å²) in [5.74, 6) is 0.808. The Kier molecular flexibility index (Phi) is 3.49. The summed E-state index contributed by atoms with van der Waals surface area (Å²) < 4.78 is 0.970. The first-order valence-corrected chi connectivity index (χ1v) is 6.97. The summed E-state index contributed by atoms with van der Waals surface area (Å²) in [4.78, 5) is 8.81. The molecule has 0 bridgehead atoms. The SMILES string of the molecule is CC(C)(C)c1csc(Nc2ccc(Br)cn2)n1.